The first-order valence-electron chi connectivity index (χ1n) is 6.73. The maximum atomic E-state index is 11.8. The van der Waals surface area contributed by atoms with E-state index in [4.69, 9.17) is 21.1 Å². The average molecular weight is 303 g/mol. The molecule has 0 saturated carbocycles. The Bertz CT molecular complexity index is 692. The lowest BCUT2D eigenvalue weighted by Crippen LogP contribution is -2.22. The first kappa shape index (κ1) is 14.0. The Balaban J connectivity index is 2.11. The monoisotopic (exact) mass is 302 g/mol. The molecule has 3 rings (SSSR count). The van der Waals surface area contributed by atoms with E-state index in [2.05, 4.69) is 0 Å². The molecule has 0 aromatic heterocycles. The van der Waals surface area contributed by atoms with E-state index in [1.54, 1.807) is 19.2 Å². The summed E-state index contributed by atoms with van der Waals surface area (Å²) < 4.78 is 10.5. The highest BCUT2D eigenvalue weighted by Crippen LogP contribution is 2.42. The number of esters is 1. The smallest absolute Gasteiger partial charge is 0.312 e. The van der Waals surface area contributed by atoms with Gasteiger partial charge in [0.25, 0.3) is 0 Å². The molecule has 2 aromatic rings. The fourth-order valence-electron chi connectivity index (χ4n) is 2.75. The lowest BCUT2D eigenvalue weighted by Gasteiger charge is -2.27. The second-order valence-electron chi connectivity index (χ2n) is 5.09. The zero-order chi connectivity index (χ0) is 15.0. The molecule has 1 atom stereocenters. The first-order chi connectivity index (χ1) is 10.1. The quantitative estimate of drug-likeness (QED) is 0.619. The summed E-state index contributed by atoms with van der Waals surface area (Å²) in [6.45, 7) is 1.96. The Kier molecular flexibility index (Phi) is 3.60. The van der Waals surface area contributed by atoms with E-state index in [-0.39, 0.29) is 11.9 Å². The number of benzene rings is 2. The predicted molar refractivity (Wildman–Crippen MR) is 81.3 cm³/mol. The van der Waals surface area contributed by atoms with Gasteiger partial charge in [-0.25, -0.2) is 0 Å². The zero-order valence-electron chi connectivity index (χ0n) is 11.9. The molecule has 0 spiro atoms. The Morgan fingerprint density at radius 3 is 2.57 bits per heavy atom. The number of methoxy groups -OCH3 is 1. The van der Waals surface area contributed by atoms with Gasteiger partial charge in [0.1, 0.15) is 11.5 Å². The van der Waals surface area contributed by atoms with Crippen molar-refractivity contribution in [2.24, 2.45) is 0 Å². The summed E-state index contributed by atoms with van der Waals surface area (Å²) in [6, 6.07) is 11.3. The highest BCUT2D eigenvalue weighted by molar-refractivity contribution is 6.31. The van der Waals surface area contributed by atoms with Gasteiger partial charge in [-0.15, -0.1) is 0 Å². The van der Waals surface area contributed by atoms with Crippen LogP contribution in [-0.4, -0.2) is 13.1 Å². The minimum atomic E-state index is -0.218. The molecule has 0 unspecified atom stereocenters. The molecule has 0 radical (unpaired) electrons. The minimum Gasteiger partial charge on any atom is -0.497 e. The number of carbonyl (C=O) groups is 1. The van der Waals surface area contributed by atoms with Crippen LogP contribution < -0.4 is 9.47 Å². The van der Waals surface area contributed by atoms with Gasteiger partial charge in [-0.2, -0.15) is 0 Å². The van der Waals surface area contributed by atoms with Gasteiger partial charge in [0.2, 0.25) is 0 Å². The molecule has 0 aliphatic carbocycles. The standard InChI is InChI=1S/C17H15ClO3/c1-10-14(18)7-8-15-17(10)13(9-16(19)21-15)11-3-5-12(20-2)6-4-11/h3-8,13H,9H2,1-2H3/t13-/m0/s1. The third-order valence-electron chi connectivity index (χ3n) is 3.87. The predicted octanol–water partition coefficient (Wildman–Crippen LogP) is 4.10. The normalized spacial score (nSPS) is 17.1. The number of carbonyl (C=O) groups excluding carboxylic acids is 1. The number of ether oxygens (including phenoxy) is 2. The first-order valence-corrected chi connectivity index (χ1v) is 7.11. The fourth-order valence-corrected chi connectivity index (χ4v) is 2.92. The summed E-state index contributed by atoms with van der Waals surface area (Å²) in [7, 11) is 1.63. The van der Waals surface area contributed by atoms with Gasteiger partial charge in [0, 0.05) is 16.5 Å². The number of halogens is 1. The van der Waals surface area contributed by atoms with Gasteiger partial charge < -0.3 is 9.47 Å². The van der Waals surface area contributed by atoms with Crippen LogP contribution in [0, 0.1) is 6.92 Å². The summed E-state index contributed by atoms with van der Waals surface area (Å²) in [5.74, 6) is 1.14. The van der Waals surface area contributed by atoms with E-state index in [1.807, 2.05) is 31.2 Å². The van der Waals surface area contributed by atoms with Crippen LogP contribution in [-0.2, 0) is 4.79 Å². The molecule has 1 aliphatic rings. The van der Waals surface area contributed by atoms with Crippen molar-refractivity contribution in [2.75, 3.05) is 7.11 Å². The number of rotatable bonds is 2. The van der Waals surface area contributed by atoms with E-state index in [0.717, 1.165) is 22.4 Å². The van der Waals surface area contributed by atoms with E-state index in [1.165, 1.54) is 0 Å². The van der Waals surface area contributed by atoms with Crippen LogP contribution in [0.4, 0.5) is 0 Å². The van der Waals surface area contributed by atoms with E-state index < -0.39 is 0 Å². The molecule has 3 nitrogen and oxygen atoms in total. The van der Waals surface area contributed by atoms with Gasteiger partial charge >= 0.3 is 5.97 Å². The second-order valence-corrected chi connectivity index (χ2v) is 5.50. The molecule has 108 valence electrons. The molecule has 0 fully saturated rings. The summed E-state index contributed by atoms with van der Waals surface area (Å²) >= 11 is 6.22. The molecule has 0 saturated heterocycles. The lowest BCUT2D eigenvalue weighted by atomic mass is 9.84. The largest absolute Gasteiger partial charge is 0.497 e. The number of hydrogen-bond acceptors (Lipinski definition) is 3. The summed E-state index contributed by atoms with van der Waals surface area (Å²) in [4.78, 5) is 11.8. The molecular weight excluding hydrogens is 288 g/mol. The van der Waals surface area contributed by atoms with Gasteiger partial charge in [-0.3, -0.25) is 4.79 Å². The fraction of sp³-hybridized carbons (Fsp3) is 0.235. The van der Waals surface area contributed by atoms with Crippen molar-refractivity contribution in [3.05, 3.63) is 58.1 Å². The van der Waals surface area contributed by atoms with Crippen LogP contribution in [0.3, 0.4) is 0 Å². The SMILES string of the molecule is COc1ccc([C@@H]2CC(=O)Oc3ccc(Cl)c(C)c32)cc1. The Hall–Kier alpha value is -2.00. The van der Waals surface area contributed by atoms with E-state index in [0.29, 0.717) is 17.2 Å². The molecule has 0 bridgehead atoms. The highest BCUT2D eigenvalue weighted by atomic mass is 35.5. The molecule has 21 heavy (non-hydrogen) atoms. The molecular formula is C17H15ClO3. The molecule has 2 aromatic carbocycles. The van der Waals surface area contributed by atoms with Crippen LogP contribution in [0.15, 0.2) is 36.4 Å². The van der Waals surface area contributed by atoms with E-state index in [9.17, 15) is 4.79 Å². The summed E-state index contributed by atoms with van der Waals surface area (Å²) in [5, 5.41) is 0.685. The van der Waals surface area contributed by atoms with Crippen LogP contribution in [0.2, 0.25) is 5.02 Å². The van der Waals surface area contributed by atoms with Crippen molar-refractivity contribution in [3.63, 3.8) is 0 Å². The zero-order valence-corrected chi connectivity index (χ0v) is 12.6. The highest BCUT2D eigenvalue weighted by Gasteiger charge is 2.30. The topological polar surface area (TPSA) is 35.5 Å². The van der Waals surface area contributed by atoms with Crippen LogP contribution in [0.25, 0.3) is 0 Å². The average Bonchev–Trinajstić information content (AvgIpc) is 2.50. The van der Waals surface area contributed by atoms with Crippen molar-refractivity contribution in [3.8, 4) is 11.5 Å². The van der Waals surface area contributed by atoms with Crippen molar-refractivity contribution in [2.45, 2.75) is 19.3 Å². The Morgan fingerprint density at radius 2 is 1.90 bits per heavy atom. The lowest BCUT2D eigenvalue weighted by molar-refractivity contribution is -0.135. The van der Waals surface area contributed by atoms with Crippen molar-refractivity contribution >= 4 is 17.6 Å². The third-order valence-corrected chi connectivity index (χ3v) is 4.28. The molecule has 4 heteroatoms. The van der Waals surface area contributed by atoms with Gasteiger partial charge in [-0.05, 0) is 42.3 Å². The van der Waals surface area contributed by atoms with Crippen LogP contribution >= 0.6 is 11.6 Å². The van der Waals surface area contributed by atoms with Crippen LogP contribution in [0.1, 0.15) is 29.0 Å². The third kappa shape index (κ3) is 2.49. The van der Waals surface area contributed by atoms with Crippen molar-refractivity contribution < 1.29 is 14.3 Å². The summed E-state index contributed by atoms with van der Waals surface area (Å²) in [6.07, 6.45) is 0.320. The van der Waals surface area contributed by atoms with E-state index >= 15 is 0 Å². The maximum absolute atomic E-state index is 11.8. The molecule has 0 N–H and O–H groups in total. The molecule has 1 aliphatic heterocycles. The van der Waals surface area contributed by atoms with Gasteiger partial charge in [0.05, 0.1) is 13.5 Å². The summed E-state index contributed by atoms with van der Waals surface area (Å²) in [5.41, 5.74) is 3.01. The number of hydrogen-bond donors (Lipinski definition) is 0. The Labute approximate surface area is 128 Å². The number of fused-ring (bicyclic) bond motifs is 1. The Morgan fingerprint density at radius 1 is 1.19 bits per heavy atom. The van der Waals surface area contributed by atoms with Gasteiger partial charge in [-0.1, -0.05) is 23.7 Å². The second kappa shape index (κ2) is 5.41. The van der Waals surface area contributed by atoms with Gasteiger partial charge in [0.15, 0.2) is 0 Å². The van der Waals surface area contributed by atoms with Crippen LogP contribution in [0.5, 0.6) is 11.5 Å². The molecule has 1 heterocycles. The minimum absolute atomic E-state index is 0.0362. The van der Waals surface area contributed by atoms with Crippen molar-refractivity contribution in [1.29, 1.82) is 0 Å². The van der Waals surface area contributed by atoms with Crippen molar-refractivity contribution in [1.82, 2.24) is 0 Å². The maximum Gasteiger partial charge on any atom is 0.312 e. The molecule has 0 amide bonds.